The Hall–Kier alpha value is -1.47. The van der Waals surface area contributed by atoms with Crippen molar-refractivity contribution in [3.05, 3.63) is 11.6 Å². The van der Waals surface area contributed by atoms with E-state index >= 15 is 0 Å². The van der Waals surface area contributed by atoms with E-state index < -0.39 is 0 Å². The van der Waals surface area contributed by atoms with E-state index in [0.29, 0.717) is 30.6 Å². The Morgan fingerprint density at radius 1 is 1.43 bits per heavy atom. The van der Waals surface area contributed by atoms with Crippen molar-refractivity contribution in [1.82, 2.24) is 9.88 Å². The lowest BCUT2D eigenvalue weighted by Gasteiger charge is -2.22. The molecule has 0 aliphatic heterocycles. The van der Waals surface area contributed by atoms with Crippen molar-refractivity contribution < 1.29 is 14.3 Å². The second kappa shape index (κ2) is 9.62. The summed E-state index contributed by atoms with van der Waals surface area (Å²) < 4.78 is 5.05. The van der Waals surface area contributed by atoms with Gasteiger partial charge >= 0.3 is 0 Å². The van der Waals surface area contributed by atoms with Crippen molar-refractivity contribution in [2.24, 2.45) is 5.92 Å². The second-order valence-corrected chi connectivity index (χ2v) is 6.78. The molecule has 0 spiro atoms. The van der Waals surface area contributed by atoms with E-state index in [9.17, 15) is 9.59 Å². The number of amides is 2. The molecule has 6 nitrogen and oxygen atoms in total. The molecule has 0 atom stereocenters. The summed E-state index contributed by atoms with van der Waals surface area (Å²) in [6.45, 7) is 0.914. The van der Waals surface area contributed by atoms with Crippen LogP contribution < -0.4 is 5.32 Å². The second-order valence-electron chi connectivity index (χ2n) is 5.88. The molecule has 1 saturated carbocycles. The van der Waals surface area contributed by atoms with Gasteiger partial charge < -0.3 is 15.0 Å². The quantitative estimate of drug-likeness (QED) is 0.750. The van der Waals surface area contributed by atoms with Crippen LogP contribution in [-0.4, -0.2) is 48.5 Å². The molecule has 0 aromatic carbocycles. The van der Waals surface area contributed by atoms with Crippen LogP contribution in [-0.2, 0) is 14.3 Å². The zero-order chi connectivity index (χ0) is 16.5. The molecule has 1 aromatic heterocycles. The van der Waals surface area contributed by atoms with Gasteiger partial charge in [0.25, 0.3) is 0 Å². The molecule has 2 rings (SSSR count). The van der Waals surface area contributed by atoms with Crippen LogP contribution in [0.3, 0.4) is 0 Å². The molecule has 0 bridgehead atoms. The highest BCUT2D eigenvalue weighted by molar-refractivity contribution is 7.13. The maximum atomic E-state index is 12.4. The van der Waals surface area contributed by atoms with Crippen molar-refractivity contribution in [2.75, 3.05) is 32.1 Å². The maximum Gasteiger partial charge on any atom is 0.245 e. The highest BCUT2D eigenvalue weighted by atomic mass is 32.1. The third kappa shape index (κ3) is 6.27. The summed E-state index contributed by atoms with van der Waals surface area (Å²) in [7, 11) is 1.59. The van der Waals surface area contributed by atoms with Gasteiger partial charge in [-0.2, -0.15) is 0 Å². The Labute approximate surface area is 141 Å². The van der Waals surface area contributed by atoms with Crippen molar-refractivity contribution in [1.29, 1.82) is 0 Å². The summed E-state index contributed by atoms with van der Waals surface area (Å²) in [6.07, 6.45) is 8.10. The van der Waals surface area contributed by atoms with Crippen LogP contribution in [0, 0.1) is 5.92 Å². The predicted molar refractivity (Wildman–Crippen MR) is 90.4 cm³/mol. The fourth-order valence-corrected chi connectivity index (χ4v) is 3.44. The largest absolute Gasteiger partial charge is 0.383 e. The molecule has 2 amide bonds. The summed E-state index contributed by atoms with van der Waals surface area (Å²) >= 11 is 1.36. The van der Waals surface area contributed by atoms with Gasteiger partial charge in [-0.1, -0.05) is 25.7 Å². The van der Waals surface area contributed by atoms with Gasteiger partial charge in [-0.15, -0.1) is 11.3 Å². The Bertz CT molecular complexity index is 487. The molecule has 0 radical (unpaired) electrons. The van der Waals surface area contributed by atoms with Crippen molar-refractivity contribution in [2.45, 2.75) is 38.5 Å². The van der Waals surface area contributed by atoms with Crippen molar-refractivity contribution in [3.8, 4) is 0 Å². The SMILES string of the molecule is COCCN(CC(=O)Nc1nccs1)C(=O)CCC1CCCC1. The number of hydrogen-bond donors (Lipinski definition) is 1. The molecular weight excluding hydrogens is 314 g/mol. The van der Waals surface area contributed by atoms with E-state index in [2.05, 4.69) is 10.3 Å². The van der Waals surface area contributed by atoms with Gasteiger partial charge in [0.15, 0.2) is 5.13 Å². The number of thiazole rings is 1. The highest BCUT2D eigenvalue weighted by Crippen LogP contribution is 2.28. The summed E-state index contributed by atoms with van der Waals surface area (Å²) in [5.41, 5.74) is 0. The topological polar surface area (TPSA) is 71.5 Å². The minimum Gasteiger partial charge on any atom is -0.383 e. The number of anilines is 1. The van der Waals surface area contributed by atoms with E-state index in [-0.39, 0.29) is 18.4 Å². The number of hydrogen-bond acceptors (Lipinski definition) is 5. The zero-order valence-corrected chi connectivity index (χ0v) is 14.4. The summed E-state index contributed by atoms with van der Waals surface area (Å²) in [5, 5.41) is 5.07. The van der Waals surface area contributed by atoms with E-state index in [4.69, 9.17) is 4.74 Å². The monoisotopic (exact) mass is 339 g/mol. The number of nitrogens with zero attached hydrogens (tertiary/aromatic N) is 2. The van der Waals surface area contributed by atoms with Crippen LogP contribution in [0.2, 0.25) is 0 Å². The van der Waals surface area contributed by atoms with E-state index in [1.54, 1.807) is 23.6 Å². The van der Waals surface area contributed by atoms with Gasteiger partial charge in [-0.05, 0) is 12.3 Å². The Kier molecular flexibility index (Phi) is 7.48. The molecule has 23 heavy (non-hydrogen) atoms. The number of methoxy groups -OCH3 is 1. The Morgan fingerprint density at radius 2 is 2.22 bits per heavy atom. The lowest BCUT2D eigenvalue weighted by atomic mass is 10.0. The normalized spacial score (nSPS) is 14.8. The number of rotatable bonds is 9. The summed E-state index contributed by atoms with van der Waals surface area (Å²) in [4.78, 5) is 30.1. The van der Waals surface area contributed by atoms with Gasteiger partial charge in [0.05, 0.1) is 6.61 Å². The molecule has 1 aliphatic carbocycles. The van der Waals surface area contributed by atoms with E-state index in [1.807, 2.05) is 0 Å². The molecule has 128 valence electrons. The first-order valence-corrected chi connectivity index (χ1v) is 9.03. The lowest BCUT2D eigenvalue weighted by Crippen LogP contribution is -2.40. The Balaban J connectivity index is 1.81. The fraction of sp³-hybridized carbons (Fsp3) is 0.688. The fourth-order valence-electron chi connectivity index (χ4n) is 2.90. The maximum absolute atomic E-state index is 12.4. The first kappa shape index (κ1) is 17.9. The molecule has 1 heterocycles. The smallest absolute Gasteiger partial charge is 0.245 e. The van der Waals surface area contributed by atoms with Crippen molar-refractivity contribution >= 4 is 28.3 Å². The average molecular weight is 339 g/mol. The van der Waals surface area contributed by atoms with Crippen molar-refractivity contribution in [3.63, 3.8) is 0 Å². The summed E-state index contributed by atoms with van der Waals surface area (Å²) in [5.74, 6) is 0.487. The number of aromatic nitrogens is 1. The average Bonchev–Trinajstić information content (AvgIpc) is 3.22. The zero-order valence-electron chi connectivity index (χ0n) is 13.6. The highest BCUT2D eigenvalue weighted by Gasteiger charge is 2.21. The van der Waals surface area contributed by atoms with E-state index in [1.165, 1.54) is 37.0 Å². The molecular formula is C16H25N3O3S. The van der Waals surface area contributed by atoms with Crippen LogP contribution >= 0.6 is 11.3 Å². The molecule has 7 heteroatoms. The minimum absolute atomic E-state index is 0.0308. The van der Waals surface area contributed by atoms with Crippen LogP contribution in [0.1, 0.15) is 38.5 Å². The first-order chi connectivity index (χ1) is 11.2. The minimum atomic E-state index is -0.217. The standard InChI is InChI=1S/C16H25N3O3S/c1-22-10-9-19(12-14(20)18-16-17-8-11-23-16)15(21)7-6-13-4-2-3-5-13/h8,11,13H,2-7,9-10,12H2,1H3,(H,17,18,20). The van der Waals surface area contributed by atoms with Crippen LogP contribution in [0.25, 0.3) is 0 Å². The first-order valence-electron chi connectivity index (χ1n) is 8.15. The third-order valence-corrected chi connectivity index (χ3v) is 4.86. The Morgan fingerprint density at radius 3 is 2.87 bits per heavy atom. The summed E-state index contributed by atoms with van der Waals surface area (Å²) in [6, 6.07) is 0. The van der Waals surface area contributed by atoms with Gasteiger partial charge in [0.1, 0.15) is 6.54 Å². The molecule has 1 aromatic rings. The molecule has 1 aliphatic rings. The van der Waals surface area contributed by atoms with Crippen LogP contribution in [0.15, 0.2) is 11.6 Å². The van der Waals surface area contributed by atoms with Gasteiger partial charge in [0.2, 0.25) is 11.8 Å². The van der Waals surface area contributed by atoms with Crippen LogP contribution in [0.4, 0.5) is 5.13 Å². The van der Waals surface area contributed by atoms with Crippen LogP contribution in [0.5, 0.6) is 0 Å². The van der Waals surface area contributed by atoms with E-state index in [0.717, 1.165) is 6.42 Å². The molecule has 1 fully saturated rings. The molecule has 1 N–H and O–H groups in total. The van der Waals surface area contributed by atoms with Gasteiger partial charge in [0, 0.05) is 31.7 Å². The van der Waals surface area contributed by atoms with Gasteiger partial charge in [-0.3, -0.25) is 9.59 Å². The number of carbonyl (C=O) groups excluding carboxylic acids is 2. The molecule has 0 unspecified atom stereocenters. The number of nitrogens with one attached hydrogen (secondary N) is 1. The third-order valence-electron chi connectivity index (χ3n) is 4.17. The van der Waals surface area contributed by atoms with Gasteiger partial charge in [-0.25, -0.2) is 4.98 Å². The lowest BCUT2D eigenvalue weighted by molar-refractivity contribution is -0.135. The number of carbonyl (C=O) groups is 2. The predicted octanol–water partition coefficient (Wildman–Crippen LogP) is 2.53. The number of ether oxygens (including phenoxy) is 1. The molecule has 0 saturated heterocycles.